The van der Waals surface area contributed by atoms with Crippen molar-refractivity contribution in [2.24, 2.45) is 17.8 Å². The summed E-state index contributed by atoms with van der Waals surface area (Å²) in [5.41, 5.74) is 0. The first-order chi connectivity index (χ1) is 28.0. The molecule has 57 heavy (non-hydrogen) atoms. The highest BCUT2D eigenvalue weighted by Gasteiger charge is 2.20. The molecule has 2 rings (SSSR count). The molecule has 0 spiro atoms. The second-order valence-electron chi connectivity index (χ2n) is 18.2. The van der Waals surface area contributed by atoms with E-state index in [4.69, 9.17) is 14.2 Å². The van der Waals surface area contributed by atoms with Crippen molar-refractivity contribution in [1.29, 1.82) is 0 Å². The Kier molecular flexibility index (Phi) is 33.8. The lowest BCUT2D eigenvalue weighted by Gasteiger charge is -2.26. The van der Waals surface area contributed by atoms with Crippen molar-refractivity contribution in [2.45, 2.75) is 245 Å². The fourth-order valence-corrected chi connectivity index (χ4v) is 9.12. The lowest BCUT2D eigenvalue weighted by atomic mass is 9.90. The molecule has 2 heterocycles. The summed E-state index contributed by atoms with van der Waals surface area (Å²) < 4.78 is 17.3. The van der Waals surface area contributed by atoms with E-state index in [1.807, 2.05) is 0 Å². The Hall–Kier alpha value is -1.63. The average Bonchev–Trinajstić information content (AvgIpc) is 3.21. The van der Waals surface area contributed by atoms with Crippen LogP contribution in [0.5, 0.6) is 0 Å². The van der Waals surface area contributed by atoms with Gasteiger partial charge in [-0.05, 0) is 82.7 Å². The fraction of sp³-hybridized carbons (Fsp3) is 0.940. The molecule has 0 saturated carbocycles. The summed E-state index contributed by atoms with van der Waals surface area (Å²) in [6, 6.07) is 0. The van der Waals surface area contributed by atoms with E-state index in [0.717, 1.165) is 90.0 Å². The van der Waals surface area contributed by atoms with Gasteiger partial charge in [0.15, 0.2) is 0 Å². The standard InChI is InChI=1S/C50H93NO6/c1-3-5-29-45-31-20-17-18-21-32-46(30-6-4-2)38-44-56-49(53)36-25-16-12-8-10-14-23-34-47(50(54)57-42-28-41-51-39-26-19-27-40-51)33-22-13-9-7-11-15-24-35-48(52)55-43-37-45/h45-47H,3-44H2,1-2H3. The Bertz CT molecular complexity index is 895. The number of nitrogens with zero attached hydrogens (tertiary/aromatic N) is 1. The third-order valence-corrected chi connectivity index (χ3v) is 13.0. The van der Waals surface area contributed by atoms with Crippen LogP contribution in [0.2, 0.25) is 0 Å². The van der Waals surface area contributed by atoms with Crippen molar-refractivity contribution in [3.8, 4) is 0 Å². The molecule has 2 atom stereocenters. The number of cyclic esters (lactones) is 2. The Morgan fingerprint density at radius 3 is 1.39 bits per heavy atom. The van der Waals surface area contributed by atoms with Crippen molar-refractivity contribution < 1.29 is 28.6 Å². The predicted octanol–water partition coefficient (Wildman–Crippen LogP) is 13.9. The summed E-state index contributed by atoms with van der Waals surface area (Å²) >= 11 is 0. The highest BCUT2D eigenvalue weighted by molar-refractivity contribution is 5.72. The SMILES string of the molecule is CCCCC1CCCCCCC(CCCC)CCOC(=O)CCCCCCCCCC(C(=O)OCCCN2CCCCC2)CCCCCCCCCC(=O)OCC1. The highest BCUT2D eigenvalue weighted by Crippen LogP contribution is 2.25. The minimum atomic E-state index is -0.0196. The van der Waals surface area contributed by atoms with Gasteiger partial charge in [-0.1, -0.05) is 174 Å². The van der Waals surface area contributed by atoms with Crippen LogP contribution in [-0.4, -0.2) is 62.3 Å². The summed E-state index contributed by atoms with van der Waals surface area (Å²) in [7, 11) is 0. The molecule has 2 fully saturated rings. The molecule has 7 nitrogen and oxygen atoms in total. The Labute approximate surface area is 352 Å². The van der Waals surface area contributed by atoms with Gasteiger partial charge in [0, 0.05) is 19.4 Å². The van der Waals surface area contributed by atoms with Crippen LogP contribution in [-0.2, 0) is 28.6 Å². The largest absolute Gasteiger partial charge is 0.466 e. The van der Waals surface area contributed by atoms with E-state index in [1.54, 1.807) is 0 Å². The number of ether oxygens (including phenoxy) is 3. The summed E-state index contributed by atoms with van der Waals surface area (Å²) in [5.74, 6) is 1.33. The summed E-state index contributed by atoms with van der Waals surface area (Å²) in [6.45, 7) is 9.65. The number of rotatable bonds is 11. The number of carbonyl (C=O) groups is 3. The van der Waals surface area contributed by atoms with E-state index < -0.39 is 0 Å². The van der Waals surface area contributed by atoms with Gasteiger partial charge in [0.25, 0.3) is 0 Å². The second-order valence-corrected chi connectivity index (χ2v) is 18.2. The summed E-state index contributed by atoms with van der Waals surface area (Å²) in [5, 5.41) is 0. The Morgan fingerprint density at radius 2 is 0.930 bits per heavy atom. The molecule has 0 aromatic rings. The number of unbranched alkanes of at least 4 members (excludes halogenated alkanes) is 2. The predicted molar refractivity (Wildman–Crippen MR) is 237 cm³/mol. The molecule has 0 amide bonds. The zero-order valence-corrected chi connectivity index (χ0v) is 37.8. The molecule has 2 aliphatic heterocycles. The zero-order valence-electron chi connectivity index (χ0n) is 37.8. The van der Waals surface area contributed by atoms with E-state index in [0.29, 0.717) is 44.5 Å². The number of esters is 3. The molecular formula is C50H93NO6. The zero-order chi connectivity index (χ0) is 40.9. The van der Waals surface area contributed by atoms with Gasteiger partial charge in [0.05, 0.1) is 25.7 Å². The number of likely N-dealkylation sites (tertiary alicyclic amines) is 1. The molecule has 0 aromatic heterocycles. The normalized spacial score (nSPS) is 24.9. The maximum Gasteiger partial charge on any atom is 0.308 e. The van der Waals surface area contributed by atoms with Gasteiger partial charge in [0.2, 0.25) is 0 Å². The minimum Gasteiger partial charge on any atom is -0.466 e. The molecule has 334 valence electrons. The first-order valence-electron chi connectivity index (χ1n) is 25.2. The van der Waals surface area contributed by atoms with Crippen LogP contribution in [0.3, 0.4) is 0 Å². The smallest absolute Gasteiger partial charge is 0.308 e. The van der Waals surface area contributed by atoms with Crippen molar-refractivity contribution in [3.63, 3.8) is 0 Å². The first kappa shape index (κ1) is 51.5. The van der Waals surface area contributed by atoms with E-state index in [9.17, 15) is 14.4 Å². The molecule has 0 aliphatic carbocycles. The van der Waals surface area contributed by atoms with Gasteiger partial charge >= 0.3 is 17.9 Å². The van der Waals surface area contributed by atoms with Crippen LogP contribution in [0.15, 0.2) is 0 Å². The topological polar surface area (TPSA) is 82.1 Å². The van der Waals surface area contributed by atoms with Crippen molar-refractivity contribution >= 4 is 17.9 Å². The summed E-state index contributed by atoms with van der Waals surface area (Å²) in [6.07, 6.45) is 40.5. The molecule has 2 saturated heterocycles. The van der Waals surface area contributed by atoms with Gasteiger partial charge in [-0.25, -0.2) is 0 Å². The number of hydrogen-bond donors (Lipinski definition) is 0. The van der Waals surface area contributed by atoms with Gasteiger partial charge in [-0.2, -0.15) is 0 Å². The lowest BCUT2D eigenvalue weighted by Crippen LogP contribution is -2.31. The average molecular weight is 804 g/mol. The number of carbonyl (C=O) groups excluding carboxylic acids is 3. The van der Waals surface area contributed by atoms with Crippen LogP contribution >= 0.6 is 0 Å². The van der Waals surface area contributed by atoms with Crippen LogP contribution in [0.4, 0.5) is 0 Å². The molecule has 0 N–H and O–H groups in total. The number of piperidine rings is 1. The van der Waals surface area contributed by atoms with E-state index >= 15 is 0 Å². The van der Waals surface area contributed by atoms with Crippen LogP contribution in [0, 0.1) is 17.8 Å². The number of hydrogen-bond acceptors (Lipinski definition) is 7. The minimum absolute atomic E-state index is 0.0196. The van der Waals surface area contributed by atoms with E-state index in [-0.39, 0.29) is 23.8 Å². The van der Waals surface area contributed by atoms with Gasteiger partial charge < -0.3 is 19.1 Å². The maximum absolute atomic E-state index is 13.2. The van der Waals surface area contributed by atoms with Gasteiger partial charge in [-0.3, -0.25) is 14.4 Å². The van der Waals surface area contributed by atoms with Crippen molar-refractivity contribution in [2.75, 3.05) is 39.5 Å². The maximum atomic E-state index is 13.2. The van der Waals surface area contributed by atoms with E-state index in [1.165, 1.54) is 148 Å². The monoisotopic (exact) mass is 804 g/mol. The van der Waals surface area contributed by atoms with Crippen molar-refractivity contribution in [3.05, 3.63) is 0 Å². The van der Waals surface area contributed by atoms with Crippen LogP contribution in [0.25, 0.3) is 0 Å². The molecular weight excluding hydrogens is 711 g/mol. The van der Waals surface area contributed by atoms with Gasteiger partial charge in [-0.15, -0.1) is 0 Å². The quantitative estimate of drug-likeness (QED) is 0.117. The molecule has 2 aliphatic rings. The van der Waals surface area contributed by atoms with Crippen molar-refractivity contribution in [1.82, 2.24) is 4.90 Å². The van der Waals surface area contributed by atoms with Gasteiger partial charge in [0.1, 0.15) is 0 Å². The molecule has 0 radical (unpaired) electrons. The lowest BCUT2D eigenvalue weighted by molar-refractivity contribution is -0.149. The molecule has 0 aromatic carbocycles. The highest BCUT2D eigenvalue weighted by atomic mass is 16.5. The molecule has 7 heteroatoms. The third kappa shape index (κ3) is 30.1. The molecule has 0 bridgehead atoms. The van der Waals surface area contributed by atoms with Crippen LogP contribution < -0.4 is 0 Å². The first-order valence-corrected chi connectivity index (χ1v) is 25.2. The second kappa shape index (κ2) is 37.4. The Morgan fingerprint density at radius 1 is 0.526 bits per heavy atom. The summed E-state index contributed by atoms with van der Waals surface area (Å²) in [4.78, 5) is 40.7. The van der Waals surface area contributed by atoms with E-state index in [2.05, 4.69) is 18.7 Å². The fourth-order valence-electron chi connectivity index (χ4n) is 9.12. The Balaban J connectivity index is 1.81. The van der Waals surface area contributed by atoms with Crippen LogP contribution in [0.1, 0.15) is 245 Å². The third-order valence-electron chi connectivity index (χ3n) is 13.0. The molecule has 2 unspecified atom stereocenters.